The minimum absolute atomic E-state index is 0.0199. The number of carbonyl (C=O) groups excluding carboxylic acids is 1. The fraction of sp³-hybridized carbons (Fsp3) is 0.136. The second-order valence-corrected chi connectivity index (χ2v) is 7.47. The average Bonchev–Trinajstić information content (AvgIpc) is 3.09. The second-order valence-electron chi connectivity index (χ2n) is 6.61. The summed E-state index contributed by atoms with van der Waals surface area (Å²) in [6.07, 6.45) is 1.47. The third kappa shape index (κ3) is 3.22. The summed E-state index contributed by atoms with van der Waals surface area (Å²) >= 11 is 1.45. The van der Waals surface area contributed by atoms with Gasteiger partial charge in [0.2, 0.25) is 0 Å². The quantitative estimate of drug-likeness (QED) is 0.490. The van der Waals surface area contributed by atoms with Crippen LogP contribution in [0.5, 0.6) is 0 Å². The number of carbonyl (C=O) groups is 1. The Morgan fingerprint density at radius 1 is 1.07 bits per heavy atom. The number of aryl methyl sites for hydroxylation is 2. The predicted molar refractivity (Wildman–Crippen MR) is 110 cm³/mol. The van der Waals surface area contributed by atoms with E-state index in [2.05, 4.69) is 11.1 Å². The summed E-state index contributed by atoms with van der Waals surface area (Å²) in [6.45, 7) is 4.07. The molecule has 0 aliphatic carbocycles. The van der Waals surface area contributed by atoms with Crippen LogP contribution in [0.1, 0.15) is 21.5 Å². The van der Waals surface area contributed by atoms with Crippen molar-refractivity contribution in [3.63, 3.8) is 0 Å². The van der Waals surface area contributed by atoms with Crippen LogP contribution in [0.3, 0.4) is 0 Å². The van der Waals surface area contributed by atoms with E-state index in [4.69, 9.17) is 0 Å². The van der Waals surface area contributed by atoms with E-state index in [1.807, 2.05) is 49.6 Å². The Morgan fingerprint density at radius 3 is 2.59 bits per heavy atom. The SMILES string of the molecule is Cc1ccc(-c2csc3ncn(CC(=O)c4ccccc4)c(=O)c23)c(C)c1. The second kappa shape index (κ2) is 6.93. The maximum Gasteiger partial charge on any atom is 0.263 e. The van der Waals surface area contributed by atoms with Crippen LogP contribution in [-0.2, 0) is 6.54 Å². The van der Waals surface area contributed by atoms with Crippen LogP contribution < -0.4 is 5.56 Å². The molecule has 2 aromatic heterocycles. The van der Waals surface area contributed by atoms with Crippen LogP contribution in [0.2, 0.25) is 0 Å². The van der Waals surface area contributed by atoms with Gasteiger partial charge in [0, 0.05) is 16.5 Å². The summed E-state index contributed by atoms with van der Waals surface area (Å²) in [5, 5.41) is 2.55. The third-order valence-electron chi connectivity index (χ3n) is 4.64. The van der Waals surface area contributed by atoms with E-state index in [9.17, 15) is 9.59 Å². The van der Waals surface area contributed by atoms with E-state index in [0.29, 0.717) is 15.8 Å². The van der Waals surface area contributed by atoms with Gasteiger partial charge in [-0.05, 0) is 25.0 Å². The fourth-order valence-electron chi connectivity index (χ4n) is 3.26. The summed E-state index contributed by atoms with van der Waals surface area (Å²) in [5.41, 5.74) is 4.61. The predicted octanol–water partition coefficient (Wildman–Crippen LogP) is 4.62. The van der Waals surface area contributed by atoms with Gasteiger partial charge < -0.3 is 0 Å². The molecule has 4 rings (SSSR count). The van der Waals surface area contributed by atoms with E-state index in [-0.39, 0.29) is 17.9 Å². The summed E-state index contributed by atoms with van der Waals surface area (Å²) in [5.74, 6) is -0.109. The summed E-state index contributed by atoms with van der Waals surface area (Å²) in [7, 11) is 0. The van der Waals surface area contributed by atoms with Crippen LogP contribution in [0, 0.1) is 13.8 Å². The number of Topliss-reactive ketones (excluding diaryl/α,β-unsaturated/α-hetero) is 1. The third-order valence-corrected chi connectivity index (χ3v) is 5.53. The topological polar surface area (TPSA) is 52.0 Å². The molecule has 134 valence electrons. The Balaban J connectivity index is 1.80. The largest absolute Gasteiger partial charge is 0.292 e. The van der Waals surface area contributed by atoms with Gasteiger partial charge in [0.25, 0.3) is 5.56 Å². The van der Waals surface area contributed by atoms with Crippen LogP contribution in [0.4, 0.5) is 0 Å². The summed E-state index contributed by atoms with van der Waals surface area (Å²) < 4.78 is 1.40. The molecular formula is C22H18N2O2S. The van der Waals surface area contributed by atoms with Crippen molar-refractivity contribution >= 4 is 27.3 Å². The first-order valence-corrected chi connectivity index (χ1v) is 9.55. The standard InChI is InChI=1S/C22H18N2O2S/c1-14-8-9-17(15(2)10-14)18-12-27-21-20(18)22(26)24(13-23-21)11-19(25)16-6-4-3-5-7-16/h3-10,12-13H,11H2,1-2H3. The number of ketones is 1. The lowest BCUT2D eigenvalue weighted by Crippen LogP contribution is -2.24. The fourth-order valence-corrected chi connectivity index (χ4v) is 4.16. The van der Waals surface area contributed by atoms with E-state index < -0.39 is 0 Å². The lowest BCUT2D eigenvalue weighted by atomic mass is 9.99. The highest BCUT2D eigenvalue weighted by atomic mass is 32.1. The van der Waals surface area contributed by atoms with Crippen molar-refractivity contribution in [2.75, 3.05) is 0 Å². The van der Waals surface area contributed by atoms with Crippen molar-refractivity contribution in [3.05, 3.63) is 87.3 Å². The molecule has 0 amide bonds. The van der Waals surface area contributed by atoms with Crippen LogP contribution in [0.15, 0.2) is 65.0 Å². The molecule has 2 aromatic carbocycles. The van der Waals surface area contributed by atoms with Gasteiger partial charge in [0.1, 0.15) is 4.83 Å². The number of nitrogens with zero attached hydrogens (tertiary/aromatic N) is 2. The molecule has 0 saturated carbocycles. The molecule has 0 bridgehead atoms. The molecule has 4 aromatic rings. The smallest absolute Gasteiger partial charge is 0.263 e. The van der Waals surface area contributed by atoms with Gasteiger partial charge in [-0.2, -0.15) is 0 Å². The highest BCUT2D eigenvalue weighted by molar-refractivity contribution is 7.17. The van der Waals surface area contributed by atoms with Gasteiger partial charge in [0.15, 0.2) is 5.78 Å². The Bertz CT molecular complexity index is 1210. The minimum atomic E-state index is -0.180. The molecule has 27 heavy (non-hydrogen) atoms. The van der Waals surface area contributed by atoms with Crippen molar-refractivity contribution in [2.24, 2.45) is 0 Å². The van der Waals surface area contributed by atoms with Crippen LogP contribution in [0.25, 0.3) is 21.3 Å². The van der Waals surface area contributed by atoms with Gasteiger partial charge in [-0.3, -0.25) is 14.2 Å². The van der Waals surface area contributed by atoms with Crippen molar-refractivity contribution in [2.45, 2.75) is 20.4 Å². The molecular weight excluding hydrogens is 356 g/mol. The molecule has 0 N–H and O–H groups in total. The van der Waals surface area contributed by atoms with Crippen molar-refractivity contribution in [3.8, 4) is 11.1 Å². The van der Waals surface area contributed by atoms with Crippen LogP contribution >= 0.6 is 11.3 Å². The first-order chi connectivity index (χ1) is 13.0. The van der Waals surface area contributed by atoms with E-state index in [1.54, 1.807) is 12.1 Å². The first kappa shape index (κ1) is 17.4. The van der Waals surface area contributed by atoms with Gasteiger partial charge in [-0.25, -0.2) is 4.98 Å². The average molecular weight is 374 g/mol. The molecule has 4 nitrogen and oxygen atoms in total. The lowest BCUT2D eigenvalue weighted by molar-refractivity contribution is 0.0970. The van der Waals surface area contributed by atoms with Gasteiger partial charge in [-0.15, -0.1) is 11.3 Å². The molecule has 0 radical (unpaired) electrons. The highest BCUT2D eigenvalue weighted by Crippen LogP contribution is 2.32. The number of rotatable bonds is 4. The van der Waals surface area contributed by atoms with Gasteiger partial charge in [-0.1, -0.05) is 54.1 Å². The Hall–Kier alpha value is -3.05. The number of hydrogen-bond donors (Lipinski definition) is 0. The minimum Gasteiger partial charge on any atom is -0.292 e. The molecule has 0 fully saturated rings. The lowest BCUT2D eigenvalue weighted by Gasteiger charge is -2.08. The van der Waals surface area contributed by atoms with E-state index in [0.717, 1.165) is 16.7 Å². The van der Waals surface area contributed by atoms with Gasteiger partial charge >= 0.3 is 0 Å². The first-order valence-electron chi connectivity index (χ1n) is 8.67. The number of thiophene rings is 1. The number of aromatic nitrogens is 2. The number of fused-ring (bicyclic) bond motifs is 1. The zero-order chi connectivity index (χ0) is 19.0. The molecule has 0 atom stereocenters. The normalized spacial score (nSPS) is 11.0. The van der Waals surface area contributed by atoms with Crippen LogP contribution in [-0.4, -0.2) is 15.3 Å². The zero-order valence-corrected chi connectivity index (χ0v) is 15.9. The van der Waals surface area contributed by atoms with Crippen molar-refractivity contribution < 1.29 is 4.79 Å². The maximum atomic E-state index is 13.1. The Kier molecular flexibility index (Phi) is 4.46. The van der Waals surface area contributed by atoms with Crippen molar-refractivity contribution in [1.29, 1.82) is 0 Å². The van der Waals surface area contributed by atoms with E-state index in [1.165, 1.54) is 27.8 Å². The number of hydrogen-bond acceptors (Lipinski definition) is 4. The zero-order valence-electron chi connectivity index (χ0n) is 15.1. The summed E-state index contributed by atoms with van der Waals surface area (Å²) in [6, 6.07) is 15.2. The molecule has 0 aliphatic heterocycles. The monoisotopic (exact) mass is 374 g/mol. The molecule has 5 heteroatoms. The van der Waals surface area contributed by atoms with Crippen molar-refractivity contribution in [1.82, 2.24) is 9.55 Å². The molecule has 0 saturated heterocycles. The van der Waals surface area contributed by atoms with E-state index >= 15 is 0 Å². The highest BCUT2D eigenvalue weighted by Gasteiger charge is 2.16. The molecule has 0 spiro atoms. The molecule has 2 heterocycles. The Morgan fingerprint density at radius 2 is 1.85 bits per heavy atom. The maximum absolute atomic E-state index is 13.1. The molecule has 0 aliphatic rings. The molecule has 0 unspecified atom stereocenters. The number of benzene rings is 2. The van der Waals surface area contributed by atoms with Gasteiger partial charge in [0.05, 0.1) is 18.3 Å². The Labute approximate surface area is 160 Å². The summed E-state index contributed by atoms with van der Waals surface area (Å²) in [4.78, 5) is 30.7.